The summed E-state index contributed by atoms with van der Waals surface area (Å²) in [6, 6.07) is 3.93. The number of hydrogen-bond donors (Lipinski definition) is 2. The van der Waals surface area contributed by atoms with Gasteiger partial charge >= 0.3 is 6.09 Å². The van der Waals surface area contributed by atoms with Crippen molar-refractivity contribution >= 4 is 17.8 Å². The number of nitrogen functional groups attached to an aromatic ring is 1. The van der Waals surface area contributed by atoms with Crippen LogP contribution in [0.4, 0.5) is 15.0 Å². The summed E-state index contributed by atoms with van der Waals surface area (Å²) in [6.07, 6.45) is 4.65. The second kappa shape index (κ2) is 8.09. The van der Waals surface area contributed by atoms with E-state index >= 15 is 0 Å². The SMILES string of the molecule is CC1(OC(=O)N2CCC(n3ncc(COc4ccc(C(N)=O)c(F)c4)c3N)CC2)CC1. The van der Waals surface area contributed by atoms with Crippen LogP contribution < -0.4 is 16.2 Å². The smallest absolute Gasteiger partial charge is 0.410 e. The Labute approximate surface area is 179 Å². The lowest BCUT2D eigenvalue weighted by Crippen LogP contribution is -2.41. The van der Waals surface area contributed by atoms with Gasteiger partial charge in [0.1, 0.15) is 29.6 Å². The fraction of sp³-hybridized carbons (Fsp3) is 0.476. The Hall–Kier alpha value is -3.30. The number of hydrogen-bond acceptors (Lipinski definition) is 6. The fourth-order valence-corrected chi connectivity index (χ4v) is 3.60. The average molecular weight is 431 g/mol. The van der Waals surface area contributed by atoms with Gasteiger partial charge in [-0.25, -0.2) is 13.9 Å². The zero-order chi connectivity index (χ0) is 22.2. The number of benzene rings is 1. The van der Waals surface area contributed by atoms with Gasteiger partial charge in [-0.3, -0.25) is 4.79 Å². The molecule has 1 saturated heterocycles. The lowest BCUT2D eigenvalue weighted by Gasteiger charge is -2.32. The van der Waals surface area contributed by atoms with E-state index in [1.807, 2.05) is 6.92 Å². The quantitative estimate of drug-likeness (QED) is 0.724. The molecule has 31 heavy (non-hydrogen) atoms. The number of piperidine rings is 1. The fourth-order valence-electron chi connectivity index (χ4n) is 3.60. The maximum atomic E-state index is 13.9. The minimum absolute atomic E-state index is 0.0709. The molecule has 1 aliphatic heterocycles. The van der Waals surface area contributed by atoms with Gasteiger partial charge in [-0.2, -0.15) is 5.10 Å². The van der Waals surface area contributed by atoms with Crippen molar-refractivity contribution in [1.29, 1.82) is 0 Å². The normalized spacial score (nSPS) is 17.9. The van der Waals surface area contributed by atoms with Crippen LogP contribution in [0.25, 0.3) is 0 Å². The zero-order valence-electron chi connectivity index (χ0n) is 17.3. The van der Waals surface area contributed by atoms with Crippen LogP contribution in [0.2, 0.25) is 0 Å². The average Bonchev–Trinajstić information content (AvgIpc) is 3.34. The van der Waals surface area contributed by atoms with E-state index in [-0.39, 0.29) is 35.7 Å². The van der Waals surface area contributed by atoms with Gasteiger partial charge in [0.25, 0.3) is 5.91 Å². The van der Waals surface area contributed by atoms with E-state index in [4.69, 9.17) is 20.9 Å². The summed E-state index contributed by atoms with van der Waals surface area (Å²) in [6.45, 7) is 3.21. The molecule has 2 heterocycles. The number of likely N-dealkylation sites (tertiary alicyclic amines) is 1. The molecule has 2 fully saturated rings. The van der Waals surface area contributed by atoms with Crippen molar-refractivity contribution in [3.63, 3.8) is 0 Å². The van der Waals surface area contributed by atoms with E-state index in [1.54, 1.807) is 15.8 Å². The molecule has 0 spiro atoms. The van der Waals surface area contributed by atoms with Gasteiger partial charge < -0.3 is 25.8 Å². The molecule has 4 N–H and O–H groups in total. The van der Waals surface area contributed by atoms with E-state index in [0.29, 0.717) is 24.5 Å². The van der Waals surface area contributed by atoms with Crippen molar-refractivity contribution < 1.29 is 23.5 Å². The standard InChI is InChI=1S/C21H26FN5O4/c1-21(6-7-21)31-20(29)26-8-4-14(5-9-26)27-18(23)13(11-25-27)12-30-15-2-3-16(19(24)28)17(22)10-15/h2-3,10-11,14H,4-9,12,23H2,1H3,(H2,24,28). The van der Waals surface area contributed by atoms with E-state index in [0.717, 1.165) is 31.7 Å². The molecular weight excluding hydrogens is 405 g/mol. The number of ether oxygens (including phenoxy) is 2. The largest absolute Gasteiger partial charge is 0.489 e. The molecule has 0 atom stereocenters. The summed E-state index contributed by atoms with van der Waals surface area (Å²) >= 11 is 0. The summed E-state index contributed by atoms with van der Waals surface area (Å²) in [5.41, 5.74) is 11.6. The summed E-state index contributed by atoms with van der Waals surface area (Å²) in [5, 5.41) is 4.39. The summed E-state index contributed by atoms with van der Waals surface area (Å²) in [4.78, 5) is 25.1. The van der Waals surface area contributed by atoms with Gasteiger partial charge in [0.05, 0.1) is 23.4 Å². The van der Waals surface area contributed by atoms with Crippen molar-refractivity contribution in [2.45, 2.75) is 50.9 Å². The topological polar surface area (TPSA) is 126 Å². The molecule has 2 amide bonds. The number of amides is 2. The molecule has 0 radical (unpaired) electrons. The van der Waals surface area contributed by atoms with Gasteiger partial charge in [-0.15, -0.1) is 0 Å². The van der Waals surface area contributed by atoms with E-state index in [1.165, 1.54) is 12.1 Å². The molecule has 4 rings (SSSR count). The number of nitrogens with zero attached hydrogens (tertiary/aromatic N) is 3. The lowest BCUT2D eigenvalue weighted by atomic mass is 10.1. The Balaban J connectivity index is 1.33. The zero-order valence-corrected chi connectivity index (χ0v) is 17.3. The Bertz CT molecular complexity index is 996. The van der Waals surface area contributed by atoms with Crippen LogP contribution in [-0.4, -0.2) is 45.4 Å². The van der Waals surface area contributed by atoms with Crippen LogP contribution in [0, 0.1) is 5.82 Å². The highest BCUT2D eigenvalue weighted by Crippen LogP contribution is 2.39. The van der Waals surface area contributed by atoms with Gasteiger partial charge in [0.2, 0.25) is 0 Å². The number of aromatic nitrogens is 2. The maximum absolute atomic E-state index is 13.9. The number of rotatable bonds is 6. The van der Waals surface area contributed by atoms with Crippen molar-refractivity contribution in [2.75, 3.05) is 18.8 Å². The molecule has 9 nitrogen and oxygen atoms in total. The third kappa shape index (κ3) is 4.57. The van der Waals surface area contributed by atoms with E-state index in [9.17, 15) is 14.0 Å². The Morgan fingerprint density at radius 3 is 2.61 bits per heavy atom. The number of carbonyl (C=O) groups is 2. The van der Waals surface area contributed by atoms with Crippen LogP contribution in [0.1, 0.15) is 54.6 Å². The second-order valence-electron chi connectivity index (χ2n) is 8.33. The monoisotopic (exact) mass is 431 g/mol. The van der Waals surface area contributed by atoms with Crippen LogP contribution >= 0.6 is 0 Å². The van der Waals surface area contributed by atoms with Crippen LogP contribution in [0.15, 0.2) is 24.4 Å². The first kappa shape index (κ1) is 21.0. The lowest BCUT2D eigenvalue weighted by molar-refractivity contribution is 0.0491. The first-order valence-corrected chi connectivity index (χ1v) is 10.3. The van der Waals surface area contributed by atoms with Gasteiger partial charge in [0.15, 0.2) is 0 Å². The number of carbonyl (C=O) groups excluding carboxylic acids is 2. The first-order chi connectivity index (χ1) is 14.8. The van der Waals surface area contributed by atoms with Crippen LogP contribution in [0.3, 0.4) is 0 Å². The van der Waals surface area contributed by atoms with Gasteiger partial charge in [0, 0.05) is 19.2 Å². The third-order valence-corrected chi connectivity index (χ3v) is 5.87. The van der Waals surface area contributed by atoms with Gasteiger partial charge in [-0.05, 0) is 44.7 Å². The molecule has 166 valence electrons. The minimum atomic E-state index is -0.837. The summed E-state index contributed by atoms with van der Waals surface area (Å²) < 4.78 is 26.8. The molecule has 0 bridgehead atoms. The molecular formula is C21H26FN5O4. The highest BCUT2D eigenvalue weighted by atomic mass is 19.1. The van der Waals surface area contributed by atoms with Crippen molar-refractivity contribution in [2.24, 2.45) is 5.73 Å². The predicted molar refractivity (Wildman–Crippen MR) is 110 cm³/mol. The molecule has 0 unspecified atom stereocenters. The second-order valence-corrected chi connectivity index (χ2v) is 8.33. The van der Waals surface area contributed by atoms with E-state index < -0.39 is 11.7 Å². The number of primary amides is 1. The minimum Gasteiger partial charge on any atom is -0.489 e. The third-order valence-electron chi connectivity index (χ3n) is 5.87. The molecule has 1 saturated carbocycles. The molecule has 2 aromatic rings. The van der Waals surface area contributed by atoms with Crippen LogP contribution in [-0.2, 0) is 11.3 Å². The Morgan fingerprint density at radius 1 is 1.29 bits per heavy atom. The molecule has 1 aromatic heterocycles. The summed E-state index contributed by atoms with van der Waals surface area (Å²) in [5.74, 6) is -0.850. The molecule has 2 aliphatic rings. The Morgan fingerprint density at radius 2 is 2.00 bits per heavy atom. The van der Waals surface area contributed by atoms with Crippen molar-refractivity contribution in [3.8, 4) is 5.75 Å². The van der Waals surface area contributed by atoms with Crippen LogP contribution in [0.5, 0.6) is 5.75 Å². The Kier molecular flexibility index (Phi) is 5.47. The molecule has 1 aromatic carbocycles. The maximum Gasteiger partial charge on any atom is 0.410 e. The highest BCUT2D eigenvalue weighted by molar-refractivity contribution is 5.93. The first-order valence-electron chi connectivity index (χ1n) is 10.3. The van der Waals surface area contributed by atoms with Crippen molar-refractivity contribution in [3.05, 3.63) is 41.3 Å². The number of nitrogens with two attached hydrogens (primary N) is 2. The number of anilines is 1. The highest BCUT2D eigenvalue weighted by Gasteiger charge is 2.43. The number of halogens is 1. The summed E-state index contributed by atoms with van der Waals surface area (Å²) in [7, 11) is 0. The van der Waals surface area contributed by atoms with E-state index in [2.05, 4.69) is 5.10 Å². The van der Waals surface area contributed by atoms with Gasteiger partial charge in [-0.1, -0.05) is 0 Å². The molecule has 10 heteroatoms. The predicted octanol–water partition coefficient (Wildman–Crippen LogP) is 2.61. The van der Waals surface area contributed by atoms with Crippen molar-refractivity contribution in [1.82, 2.24) is 14.7 Å². The molecule has 1 aliphatic carbocycles.